The normalized spacial score (nSPS) is 21.7. The molecule has 1 amide bonds. The van der Waals surface area contributed by atoms with Crippen LogP contribution in [0.25, 0.3) is 11.4 Å². The highest BCUT2D eigenvalue weighted by Gasteiger charge is 2.44. The first kappa shape index (κ1) is 23.1. The highest BCUT2D eigenvalue weighted by molar-refractivity contribution is 6.00. The molecule has 2 aromatic heterocycles. The van der Waals surface area contributed by atoms with Gasteiger partial charge in [0, 0.05) is 31.2 Å². The van der Waals surface area contributed by atoms with Crippen LogP contribution in [0.5, 0.6) is 0 Å². The molecule has 0 radical (unpaired) electrons. The number of halogens is 5. The van der Waals surface area contributed by atoms with E-state index in [0.29, 0.717) is 31.6 Å². The molecule has 2 aliphatic heterocycles. The van der Waals surface area contributed by atoms with Gasteiger partial charge < -0.3 is 10.2 Å². The van der Waals surface area contributed by atoms with E-state index in [-0.39, 0.29) is 34.7 Å². The number of amides is 1. The molecule has 182 valence electrons. The van der Waals surface area contributed by atoms with Crippen molar-refractivity contribution in [3.05, 3.63) is 71.7 Å². The van der Waals surface area contributed by atoms with Gasteiger partial charge in [-0.15, -0.1) is 0 Å². The van der Waals surface area contributed by atoms with Crippen LogP contribution in [-0.2, 0) is 6.18 Å². The summed E-state index contributed by atoms with van der Waals surface area (Å²) < 4.78 is 67.8. The minimum absolute atomic E-state index is 0.000457. The molecule has 0 spiro atoms. The molecule has 0 unspecified atom stereocenters. The molecule has 2 saturated heterocycles. The summed E-state index contributed by atoms with van der Waals surface area (Å²) in [5.41, 5.74) is -1.06. The van der Waals surface area contributed by atoms with Gasteiger partial charge in [-0.1, -0.05) is 6.07 Å². The number of carbonyl (C=O) groups excluding carboxylic acids is 1. The van der Waals surface area contributed by atoms with Gasteiger partial charge in [0.05, 0.1) is 22.7 Å². The van der Waals surface area contributed by atoms with Gasteiger partial charge in [-0.25, -0.2) is 23.7 Å². The first-order valence-electron chi connectivity index (χ1n) is 11.1. The second kappa shape index (κ2) is 8.86. The summed E-state index contributed by atoms with van der Waals surface area (Å²) in [5, 5.41) is 2.91. The van der Waals surface area contributed by atoms with Crippen molar-refractivity contribution in [3.8, 4) is 11.4 Å². The Morgan fingerprint density at radius 2 is 1.80 bits per heavy atom. The Bertz CT molecular complexity index is 1250. The number of aromatic nitrogens is 3. The van der Waals surface area contributed by atoms with Crippen LogP contribution in [0.3, 0.4) is 0 Å². The molecule has 3 aliphatic rings. The molecule has 3 aromatic rings. The average Bonchev–Trinajstić information content (AvgIpc) is 2.85. The number of piperidine rings is 2. The summed E-state index contributed by atoms with van der Waals surface area (Å²) in [6.45, 7) is 0.441. The number of hydrogen-bond donors (Lipinski definition) is 1. The van der Waals surface area contributed by atoms with Crippen LogP contribution in [-0.4, -0.2) is 44.4 Å². The smallest absolute Gasteiger partial charge is 0.363 e. The number of fused-ring (bicyclic) bond motifs is 3. The van der Waals surface area contributed by atoms with Crippen molar-refractivity contribution < 1.29 is 26.7 Å². The number of hydrogen-bond acceptors (Lipinski definition) is 5. The molecular formula is C24H20F5N5O. The van der Waals surface area contributed by atoms with Crippen LogP contribution in [0.15, 0.2) is 48.9 Å². The van der Waals surface area contributed by atoms with E-state index in [1.165, 1.54) is 30.6 Å². The third kappa shape index (κ3) is 4.42. The lowest BCUT2D eigenvalue weighted by Crippen LogP contribution is -2.60. The highest BCUT2D eigenvalue weighted by Crippen LogP contribution is 2.39. The molecule has 4 heterocycles. The summed E-state index contributed by atoms with van der Waals surface area (Å²) in [7, 11) is 0. The van der Waals surface area contributed by atoms with E-state index in [4.69, 9.17) is 0 Å². The lowest BCUT2D eigenvalue weighted by molar-refractivity contribution is -0.138. The SMILES string of the molecule is O=C(c1cccc(F)c1-c1ncccn1)N1C[C@H]2CC[C@H]1[C@H](Nc1ncc(C(F)(F)F)cc1F)C2. The number of nitrogens with zero attached hydrogens (tertiary/aromatic N) is 4. The van der Waals surface area contributed by atoms with Crippen molar-refractivity contribution in [2.75, 3.05) is 11.9 Å². The van der Waals surface area contributed by atoms with Crippen molar-refractivity contribution in [1.29, 1.82) is 0 Å². The number of pyridine rings is 1. The largest absolute Gasteiger partial charge is 0.417 e. The van der Waals surface area contributed by atoms with Crippen LogP contribution in [0, 0.1) is 17.6 Å². The van der Waals surface area contributed by atoms with E-state index in [1.54, 1.807) is 11.0 Å². The first-order chi connectivity index (χ1) is 16.7. The summed E-state index contributed by atoms with van der Waals surface area (Å²) in [5.74, 6) is -2.27. The zero-order valence-corrected chi connectivity index (χ0v) is 18.3. The second-order valence-electron chi connectivity index (χ2n) is 8.74. The molecular weight excluding hydrogens is 469 g/mol. The van der Waals surface area contributed by atoms with Crippen LogP contribution < -0.4 is 5.32 Å². The monoisotopic (exact) mass is 489 g/mol. The summed E-state index contributed by atoms with van der Waals surface area (Å²) in [4.78, 5) is 27.1. The van der Waals surface area contributed by atoms with Gasteiger partial charge in [-0.05, 0) is 49.4 Å². The lowest BCUT2D eigenvalue weighted by Gasteiger charge is -2.50. The Labute approximate surface area is 197 Å². The third-order valence-corrected chi connectivity index (χ3v) is 6.56. The molecule has 3 atom stereocenters. The summed E-state index contributed by atoms with van der Waals surface area (Å²) >= 11 is 0. The molecule has 1 aliphatic carbocycles. The van der Waals surface area contributed by atoms with E-state index < -0.39 is 35.3 Å². The number of rotatable bonds is 4. The van der Waals surface area contributed by atoms with Crippen LogP contribution >= 0.6 is 0 Å². The Balaban J connectivity index is 1.42. The minimum Gasteiger partial charge on any atom is -0.363 e. The fraction of sp³-hybridized carbons (Fsp3) is 0.333. The summed E-state index contributed by atoms with van der Waals surface area (Å²) in [6, 6.07) is 5.37. The molecule has 11 heteroatoms. The van der Waals surface area contributed by atoms with E-state index in [0.717, 1.165) is 6.42 Å². The average molecular weight is 489 g/mol. The molecule has 1 saturated carbocycles. The number of carbonyl (C=O) groups is 1. The first-order valence-corrected chi connectivity index (χ1v) is 11.1. The summed E-state index contributed by atoms with van der Waals surface area (Å²) in [6.07, 6.45) is 0.859. The molecule has 1 aromatic carbocycles. The van der Waals surface area contributed by atoms with E-state index in [9.17, 15) is 26.7 Å². The van der Waals surface area contributed by atoms with Crippen LogP contribution in [0.4, 0.5) is 27.8 Å². The minimum atomic E-state index is -4.70. The standard InChI is InChI=1S/C24H20F5N5O/c25-16-4-1-3-15(20(16)22-30-7-2-8-31-22)23(35)34-12-13-5-6-19(34)18(9-13)33-21-17(26)10-14(11-32-21)24(27,28)29/h1-4,7-8,10-11,13,18-19H,5-6,9,12H2,(H,32,33)/t13-,18+,19-/m0/s1. The zero-order valence-electron chi connectivity index (χ0n) is 18.3. The second-order valence-corrected chi connectivity index (χ2v) is 8.74. The molecule has 3 fully saturated rings. The number of alkyl halides is 3. The van der Waals surface area contributed by atoms with Crippen LogP contribution in [0.1, 0.15) is 35.2 Å². The number of benzene rings is 1. The topological polar surface area (TPSA) is 71.0 Å². The molecule has 6 rings (SSSR count). The van der Waals surface area contributed by atoms with Gasteiger partial charge in [0.2, 0.25) is 0 Å². The Hall–Kier alpha value is -3.63. The fourth-order valence-corrected chi connectivity index (χ4v) is 4.97. The van der Waals surface area contributed by atoms with Gasteiger partial charge in [-0.3, -0.25) is 4.79 Å². The molecule has 6 nitrogen and oxygen atoms in total. The molecule has 1 N–H and O–H groups in total. The highest BCUT2D eigenvalue weighted by atomic mass is 19.4. The van der Waals surface area contributed by atoms with E-state index in [2.05, 4.69) is 20.3 Å². The van der Waals surface area contributed by atoms with Crippen molar-refractivity contribution in [2.24, 2.45) is 5.92 Å². The Kier molecular flexibility index (Phi) is 5.86. The third-order valence-electron chi connectivity index (χ3n) is 6.56. The maximum atomic E-state index is 14.8. The molecule has 2 bridgehead atoms. The predicted octanol–water partition coefficient (Wildman–Crippen LogP) is 4.94. The van der Waals surface area contributed by atoms with Crippen molar-refractivity contribution in [3.63, 3.8) is 0 Å². The maximum Gasteiger partial charge on any atom is 0.417 e. The van der Waals surface area contributed by atoms with Gasteiger partial charge in [0.25, 0.3) is 5.91 Å². The molecule has 35 heavy (non-hydrogen) atoms. The predicted molar refractivity (Wildman–Crippen MR) is 116 cm³/mol. The van der Waals surface area contributed by atoms with Crippen molar-refractivity contribution >= 4 is 11.7 Å². The number of nitrogens with one attached hydrogen (secondary N) is 1. The Morgan fingerprint density at radius 1 is 1.03 bits per heavy atom. The quantitative estimate of drug-likeness (QED) is 0.526. The Morgan fingerprint density at radius 3 is 2.49 bits per heavy atom. The lowest BCUT2D eigenvalue weighted by atomic mass is 9.76. The van der Waals surface area contributed by atoms with Gasteiger partial charge in [-0.2, -0.15) is 13.2 Å². The van der Waals surface area contributed by atoms with Gasteiger partial charge >= 0.3 is 6.18 Å². The fourth-order valence-electron chi connectivity index (χ4n) is 4.97. The number of anilines is 1. The van der Waals surface area contributed by atoms with Gasteiger partial charge in [0.15, 0.2) is 17.5 Å². The van der Waals surface area contributed by atoms with Crippen molar-refractivity contribution in [2.45, 2.75) is 37.5 Å². The van der Waals surface area contributed by atoms with Crippen molar-refractivity contribution in [1.82, 2.24) is 19.9 Å². The van der Waals surface area contributed by atoms with E-state index in [1.807, 2.05) is 0 Å². The van der Waals surface area contributed by atoms with Crippen LogP contribution in [0.2, 0.25) is 0 Å². The van der Waals surface area contributed by atoms with E-state index >= 15 is 0 Å². The zero-order chi connectivity index (χ0) is 24.7. The maximum absolute atomic E-state index is 14.8. The van der Waals surface area contributed by atoms with Gasteiger partial charge in [0.1, 0.15) is 5.82 Å².